The summed E-state index contributed by atoms with van der Waals surface area (Å²) in [4.78, 5) is 9.10. The quantitative estimate of drug-likeness (QED) is 0.336. The molecule has 0 aliphatic rings. The lowest BCUT2D eigenvalue weighted by Gasteiger charge is -2.10. The van der Waals surface area contributed by atoms with E-state index in [-0.39, 0.29) is 24.0 Å². The van der Waals surface area contributed by atoms with Crippen LogP contribution >= 0.6 is 24.0 Å². The molecule has 0 aliphatic heterocycles. The summed E-state index contributed by atoms with van der Waals surface area (Å²) in [6, 6.07) is 14.1. The van der Waals surface area contributed by atoms with Crippen LogP contribution in [-0.2, 0) is 13.1 Å². The summed E-state index contributed by atoms with van der Waals surface area (Å²) in [7, 11) is 0. The van der Waals surface area contributed by atoms with Crippen LogP contribution in [0.4, 0.5) is 0 Å². The van der Waals surface area contributed by atoms with Gasteiger partial charge in [-0.15, -0.1) is 24.0 Å². The number of hydrogen-bond acceptors (Lipinski definition) is 3. The van der Waals surface area contributed by atoms with Crippen molar-refractivity contribution in [3.05, 3.63) is 65.2 Å². The molecular formula is C20H25IN4O. The monoisotopic (exact) mass is 464 g/mol. The predicted molar refractivity (Wildman–Crippen MR) is 117 cm³/mol. The third-order valence-corrected chi connectivity index (χ3v) is 4.05. The number of guanidine groups is 1. The summed E-state index contributed by atoms with van der Waals surface area (Å²) >= 11 is 0. The summed E-state index contributed by atoms with van der Waals surface area (Å²) in [5.41, 5.74) is 4.04. The number of halogens is 1. The summed E-state index contributed by atoms with van der Waals surface area (Å²) in [6.07, 6.45) is 0. The van der Waals surface area contributed by atoms with Gasteiger partial charge in [-0.1, -0.05) is 24.3 Å². The first-order valence-electron chi connectivity index (χ1n) is 8.59. The van der Waals surface area contributed by atoms with Crippen molar-refractivity contribution >= 4 is 40.9 Å². The van der Waals surface area contributed by atoms with Crippen molar-refractivity contribution in [2.45, 2.75) is 33.9 Å². The van der Waals surface area contributed by atoms with Crippen molar-refractivity contribution in [1.29, 1.82) is 0 Å². The van der Waals surface area contributed by atoms with Crippen LogP contribution in [0.15, 0.2) is 51.9 Å². The molecular weight excluding hydrogens is 439 g/mol. The summed E-state index contributed by atoms with van der Waals surface area (Å²) in [5, 5.41) is 7.76. The van der Waals surface area contributed by atoms with E-state index in [4.69, 9.17) is 4.42 Å². The highest BCUT2D eigenvalue weighted by Gasteiger charge is 2.10. The Hall–Kier alpha value is -2.09. The van der Waals surface area contributed by atoms with Crippen molar-refractivity contribution in [1.82, 2.24) is 15.6 Å². The molecule has 0 fully saturated rings. The Bertz CT molecular complexity index is 888. The largest absolute Gasteiger partial charge is 0.459 e. The third kappa shape index (κ3) is 4.97. The van der Waals surface area contributed by atoms with Crippen LogP contribution in [0.1, 0.15) is 29.6 Å². The van der Waals surface area contributed by atoms with Gasteiger partial charge in [-0.3, -0.25) is 4.98 Å². The Morgan fingerprint density at radius 1 is 1.08 bits per heavy atom. The van der Waals surface area contributed by atoms with Gasteiger partial charge in [0, 0.05) is 23.2 Å². The molecule has 3 aromatic rings. The minimum atomic E-state index is 0. The fourth-order valence-electron chi connectivity index (χ4n) is 2.75. The molecule has 0 radical (unpaired) electrons. The number of fused-ring (bicyclic) bond motifs is 1. The summed E-state index contributed by atoms with van der Waals surface area (Å²) in [5.74, 6) is 1.69. The number of furan rings is 1. The lowest BCUT2D eigenvalue weighted by Crippen LogP contribution is -2.36. The molecule has 0 saturated heterocycles. The van der Waals surface area contributed by atoms with Crippen LogP contribution in [0, 0.1) is 13.8 Å². The first kappa shape index (κ1) is 20.2. The van der Waals surface area contributed by atoms with Crippen LogP contribution in [0.5, 0.6) is 0 Å². The van der Waals surface area contributed by atoms with E-state index in [1.807, 2.05) is 43.3 Å². The second-order valence-electron chi connectivity index (χ2n) is 5.97. The lowest BCUT2D eigenvalue weighted by atomic mass is 10.1. The van der Waals surface area contributed by atoms with E-state index in [1.54, 1.807) is 0 Å². The van der Waals surface area contributed by atoms with Gasteiger partial charge in [0.2, 0.25) is 0 Å². The molecule has 0 amide bonds. The van der Waals surface area contributed by atoms with Crippen molar-refractivity contribution in [3.63, 3.8) is 0 Å². The maximum atomic E-state index is 5.95. The van der Waals surface area contributed by atoms with Crippen molar-refractivity contribution in [2.75, 3.05) is 6.54 Å². The minimum absolute atomic E-state index is 0. The molecule has 26 heavy (non-hydrogen) atoms. The standard InChI is InChI=1S/C20H24N4O.HI/c1-4-21-20(22-12-16-9-7-8-14(2)24-16)23-13-19-15(3)17-10-5-6-11-18(17)25-19;/h5-11H,4,12-13H2,1-3H3,(H2,21,22,23);1H. The second kappa shape index (κ2) is 9.56. The van der Waals surface area contributed by atoms with E-state index in [9.17, 15) is 0 Å². The highest BCUT2D eigenvalue weighted by molar-refractivity contribution is 14.0. The zero-order valence-electron chi connectivity index (χ0n) is 15.4. The summed E-state index contributed by atoms with van der Waals surface area (Å²) in [6.45, 7) is 8.05. The normalized spacial score (nSPS) is 11.3. The van der Waals surface area contributed by atoms with Crippen LogP contribution < -0.4 is 10.6 Å². The molecule has 138 valence electrons. The molecule has 0 spiro atoms. The highest BCUT2D eigenvalue weighted by Crippen LogP contribution is 2.24. The molecule has 0 unspecified atom stereocenters. The van der Waals surface area contributed by atoms with Gasteiger partial charge >= 0.3 is 0 Å². The average molecular weight is 464 g/mol. The van der Waals surface area contributed by atoms with E-state index in [1.165, 1.54) is 5.56 Å². The number of aromatic nitrogens is 1. The molecule has 2 heterocycles. The van der Waals surface area contributed by atoms with Crippen LogP contribution in [0.2, 0.25) is 0 Å². The molecule has 6 heteroatoms. The summed E-state index contributed by atoms with van der Waals surface area (Å²) < 4.78 is 5.95. The Morgan fingerprint density at radius 3 is 2.62 bits per heavy atom. The molecule has 5 nitrogen and oxygen atoms in total. The van der Waals surface area contributed by atoms with E-state index in [0.29, 0.717) is 13.1 Å². The fourth-order valence-corrected chi connectivity index (χ4v) is 2.75. The maximum absolute atomic E-state index is 5.95. The average Bonchev–Trinajstić information content (AvgIpc) is 2.94. The van der Waals surface area contributed by atoms with Crippen molar-refractivity contribution in [2.24, 2.45) is 4.99 Å². The number of nitrogens with zero attached hydrogens (tertiary/aromatic N) is 2. The zero-order chi connectivity index (χ0) is 17.6. The predicted octanol–water partition coefficient (Wildman–Crippen LogP) is 4.32. The number of para-hydroxylation sites is 1. The molecule has 0 bridgehead atoms. The molecule has 3 rings (SSSR count). The molecule has 0 aliphatic carbocycles. The molecule has 1 aromatic carbocycles. The number of benzene rings is 1. The van der Waals surface area contributed by atoms with Gasteiger partial charge in [-0.25, -0.2) is 4.99 Å². The van der Waals surface area contributed by atoms with Crippen molar-refractivity contribution in [3.8, 4) is 0 Å². The Kier molecular flexibility index (Phi) is 7.44. The number of aliphatic imine (C=N–C) groups is 1. The van der Waals surface area contributed by atoms with Gasteiger partial charge < -0.3 is 15.1 Å². The van der Waals surface area contributed by atoms with Gasteiger partial charge in [0.25, 0.3) is 0 Å². The molecule has 2 aromatic heterocycles. The minimum Gasteiger partial charge on any atom is -0.459 e. The number of rotatable bonds is 5. The SMILES string of the molecule is CCNC(=NCc1cccc(C)n1)NCc1oc2ccccc2c1C.I. The van der Waals surface area contributed by atoms with E-state index < -0.39 is 0 Å². The fraction of sp³-hybridized carbons (Fsp3) is 0.300. The molecule has 0 atom stereocenters. The smallest absolute Gasteiger partial charge is 0.192 e. The van der Waals surface area contributed by atoms with Gasteiger partial charge in [0.05, 0.1) is 18.8 Å². The Labute approximate surface area is 171 Å². The molecule has 2 N–H and O–H groups in total. The van der Waals surface area contributed by atoms with Crippen LogP contribution in [0.25, 0.3) is 11.0 Å². The topological polar surface area (TPSA) is 62.5 Å². The number of nitrogens with one attached hydrogen (secondary N) is 2. The van der Waals surface area contributed by atoms with Gasteiger partial charge in [-0.2, -0.15) is 0 Å². The number of aryl methyl sites for hydroxylation is 2. The van der Waals surface area contributed by atoms with Gasteiger partial charge in [0.1, 0.15) is 11.3 Å². The first-order valence-corrected chi connectivity index (χ1v) is 8.59. The van der Waals surface area contributed by atoms with Gasteiger partial charge in [0.15, 0.2) is 5.96 Å². The highest BCUT2D eigenvalue weighted by atomic mass is 127. The number of hydrogen-bond donors (Lipinski definition) is 2. The molecule has 0 saturated carbocycles. The Morgan fingerprint density at radius 2 is 1.88 bits per heavy atom. The maximum Gasteiger partial charge on any atom is 0.192 e. The van der Waals surface area contributed by atoms with E-state index in [0.717, 1.165) is 40.6 Å². The second-order valence-corrected chi connectivity index (χ2v) is 5.97. The lowest BCUT2D eigenvalue weighted by molar-refractivity contribution is 0.534. The van der Waals surface area contributed by atoms with E-state index >= 15 is 0 Å². The van der Waals surface area contributed by atoms with E-state index in [2.05, 4.69) is 40.5 Å². The van der Waals surface area contributed by atoms with Crippen molar-refractivity contribution < 1.29 is 4.42 Å². The van der Waals surface area contributed by atoms with Crippen LogP contribution in [-0.4, -0.2) is 17.5 Å². The van der Waals surface area contributed by atoms with Crippen LogP contribution in [0.3, 0.4) is 0 Å². The third-order valence-electron chi connectivity index (χ3n) is 4.05. The zero-order valence-corrected chi connectivity index (χ0v) is 17.7. The first-order chi connectivity index (χ1) is 12.2. The van der Waals surface area contributed by atoms with Gasteiger partial charge in [-0.05, 0) is 39.0 Å². The Balaban J connectivity index is 0.00000243. The number of pyridine rings is 1.